The van der Waals surface area contributed by atoms with Crippen LogP contribution in [0.4, 0.5) is 68.2 Å². The fourth-order valence-corrected chi connectivity index (χ4v) is 9.42. The van der Waals surface area contributed by atoms with Crippen molar-refractivity contribution in [1.29, 1.82) is 0 Å². The molecule has 16 nitrogen and oxygen atoms in total. The number of hydrogen-bond acceptors (Lipinski definition) is 12. The lowest BCUT2D eigenvalue weighted by Gasteiger charge is -2.23. The molecule has 1 aliphatic carbocycles. The number of phenols is 4. The molecule has 0 aromatic heterocycles. The van der Waals surface area contributed by atoms with E-state index in [1.54, 1.807) is 48.5 Å². The molecular weight excluding hydrogens is 1140 g/mol. The number of halogens is 4. The maximum atomic E-state index is 12.4. The van der Waals surface area contributed by atoms with Crippen molar-refractivity contribution in [3.63, 3.8) is 0 Å². The van der Waals surface area contributed by atoms with E-state index >= 15 is 0 Å². The van der Waals surface area contributed by atoms with E-state index in [1.807, 2.05) is 97.1 Å². The number of benzene rings is 8. The minimum atomic E-state index is -0.0519. The highest BCUT2D eigenvalue weighted by Gasteiger charge is 2.23. The first-order valence-corrected chi connectivity index (χ1v) is 26.5. The predicted octanol–water partition coefficient (Wildman–Crippen LogP) is 3.65. The van der Waals surface area contributed by atoms with E-state index in [2.05, 4.69) is 105 Å². The molecule has 4 N–H and O–H groups in total. The van der Waals surface area contributed by atoms with E-state index in [9.17, 15) is 20.4 Å². The summed E-state index contributed by atoms with van der Waals surface area (Å²) in [5, 5.41) is 86.9. The van der Waals surface area contributed by atoms with Crippen molar-refractivity contribution in [2.24, 2.45) is 40.9 Å². The van der Waals surface area contributed by atoms with Crippen LogP contribution in [0.2, 0.25) is 0 Å². The highest BCUT2D eigenvalue weighted by Crippen LogP contribution is 2.43. The molecule has 20 heteroatoms. The fraction of sp³-hybridized carbons (Fsp3) is 0.250. The number of aromatic hydroxyl groups is 4. The SMILES string of the molecule is C[N+](C)(C)c1ccc(N=Nc2cc3c(O)c(c2)Cc2cc(N=Nc4ccc([N+](C)(C)C)cc4)cc(c2O)Cc2cc(N=Nc4ccc([N+](C)(C)C)cc4)cc(c2O)Cc2cc(N=Nc4ccc([N+](C)(C)C)cc4)cc(c2O)C3)cc1.[Cl-].[Cl-].[Cl-].[Cl-]. The zero-order chi connectivity index (χ0) is 57.3. The summed E-state index contributed by atoms with van der Waals surface area (Å²) in [6.07, 6.45) is 0.101. The smallest absolute Gasteiger partial charge is 0.132 e. The Hall–Kier alpha value is -7.64. The van der Waals surface area contributed by atoms with Gasteiger partial charge in [-0.3, -0.25) is 17.9 Å². The first-order valence-electron chi connectivity index (χ1n) is 26.5. The molecule has 0 saturated carbocycles. The lowest BCUT2D eigenvalue weighted by atomic mass is 9.90. The average Bonchev–Trinajstić information content (AvgIpc) is 3.51. The molecule has 440 valence electrons. The molecule has 0 fully saturated rings. The molecule has 0 spiro atoms. The molecule has 0 unspecified atom stereocenters. The molecule has 84 heavy (non-hydrogen) atoms. The van der Waals surface area contributed by atoms with Crippen LogP contribution in [-0.4, -0.2) is 105 Å². The first-order chi connectivity index (χ1) is 37.7. The topological polar surface area (TPSA) is 180 Å². The molecule has 0 saturated heterocycles. The lowest BCUT2D eigenvalue weighted by molar-refractivity contribution is -0.00100. The van der Waals surface area contributed by atoms with Crippen molar-refractivity contribution in [1.82, 2.24) is 17.9 Å². The second-order valence-electron chi connectivity index (χ2n) is 24.1. The standard InChI is InChI=1S/C64H68N12O4.4ClH/c1-73(2,3)57-21-13-49(14-22-57)65-69-53-33-41-29-43-35-54(70-66-50-15-23-58(24-16-50)74(4,5)6)37-45(62(43)78)31-47-39-56(72-68-52-19-27-60(28-20-52)76(10,11)12)40-48(64(47)80)32-46-38-55(36-44(63(46)79)30-42(34-53)61(41)77)71-67-51-17-25-59(26-18-51)75(7,8)9;;;;/h13-28,33-40H,29-32H2,1-12H3;4*1H. The summed E-state index contributed by atoms with van der Waals surface area (Å²) in [7, 11) is 25.1. The van der Waals surface area contributed by atoms with Crippen LogP contribution < -0.4 is 67.6 Å². The van der Waals surface area contributed by atoms with Gasteiger partial charge in [-0.1, -0.05) is 0 Å². The Morgan fingerprint density at radius 1 is 0.226 bits per heavy atom. The Bertz CT molecular complexity index is 3150. The number of phenolic OH excluding ortho intramolecular Hbond substituents is 4. The lowest BCUT2D eigenvalue weighted by Crippen LogP contribution is -3.00. The van der Waals surface area contributed by atoms with Gasteiger partial charge in [-0.25, -0.2) is 0 Å². The highest BCUT2D eigenvalue weighted by molar-refractivity contribution is 5.65. The average molecular weight is 1220 g/mol. The van der Waals surface area contributed by atoms with Crippen molar-refractivity contribution in [2.45, 2.75) is 25.7 Å². The maximum absolute atomic E-state index is 12.4. The van der Waals surface area contributed by atoms with Crippen molar-refractivity contribution >= 4 is 68.2 Å². The van der Waals surface area contributed by atoms with Gasteiger partial charge in [0.05, 0.1) is 130 Å². The Kier molecular flexibility index (Phi) is 21.5. The number of nitrogens with zero attached hydrogens (tertiary/aromatic N) is 12. The van der Waals surface area contributed by atoms with E-state index in [0.717, 1.165) is 22.7 Å². The monoisotopic (exact) mass is 1210 g/mol. The summed E-state index contributed by atoms with van der Waals surface area (Å²) in [5.74, 6) is -0.208. The summed E-state index contributed by atoms with van der Waals surface area (Å²) in [5.41, 5.74) is 12.2. The fourth-order valence-electron chi connectivity index (χ4n) is 9.42. The third-order valence-electron chi connectivity index (χ3n) is 14.2. The third-order valence-corrected chi connectivity index (χ3v) is 14.2. The van der Waals surface area contributed by atoms with Crippen molar-refractivity contribution in [3.05, 3.63) is 190 Å². The van der Waals surface area contributed by atoms with Gasteiger partial charge < -0.3 is 70.1 Å². The van der Waals surface area contributed by atoms with Gasteiger partial charge >= 0.3 is 0 Å². The molecule has 8 bridgehead atoms. The first kappa shape index (κ1) is 67.2. The van der Waals surface area contributed by atoms with Gasteiger partial charge in [-0.15, -0.1) is 0 Å². The summed E-state index contributed by atoms with van der Waals surface area (Å²) >= 11 is 0. The van der Waals surface area contributed by atoms with Crippen LogP contribution in [-0.2, 0) is 25.7 Å². The molecule has 0 atom stereocenters. The summed E-state index contributed by atoms with van der Waals surface area (Å²) < 4.78 is 2.55. The number of quaternary nitrogens is 4. The molecule has 8 aromatic rings. The minimum Gasteiger partial charge on any atom is -1.00 e. The van der Waals surface area contributed by atoms with Crippen molar-refractivity contribution < 1.29 is 70.1 Å². The quantitative estimate of drug-likeness (QED) is 0.108. The number of rotatable bonds is 12. The van der Waals surface area contributed by atoms with E-state index < -0.39 is 0 Å². The second-order valence-corrected chi connectivity index (χ2v) is 24.1. The summed E-state index contributed by atoms with van der Waals surface area (Å²) in [4.78, 5) is 0. The van der Waals surface area contributed by atoms with Crippen LogP contribution in [0.25, 0.3) is 0 Å². The van der Waals surface area contributed by atoms with E-state index in [4.69, 9.17) is 20.5 Å². The molecule has 0 amide bonds. The Morgan fingerprint density at radius 2 is 0.357 bits per heavy atom. The van der Waals surface area contributed by atoms with Gasteiger partial charge in [0.25, 0.3) is 0 Å². The minimum absolute atomic E-state index is 0. The number of azo groups is 4. The zero-order valence-electron chi connectivity index (χ0n) is 49.4. The van der Waals surface area contributed by atoms with Crippen LogP contribution >= 0.6 is 0 Å². The summed E-state index contributed by atoms with van der Waals surface area (Å²) in [6, 6.07) is 45.4. The summed E-state index contributed by atoms with van der Waals surface area (Å²) in [6.45, 7) is 0. The van der Waals surface area contributed by atoms with E-state index in [-0.39, 0.29) is 98.3 Å². The van der Waals surface area contributed by atoms with Crippen LogP contribution in [0.1, 0.15) is 44.5 Å². The van der Waals surface area contributed by atoms with Crippen LogP contribution in [0.3, 0.4) is 0 Å². The van der Waals surface area contributed by atoms with Crippen LogP contribution in [0.5, 0.6) is 23.0 Å². The maximum Gasteiger partial charge on any atom is 0.132 e. The molecule has 8 aromatic carbocycles. The van der Waals surface area contributed by atoms with Crippen LogP contribution in [0.15, 0.2) is 187 Å². The van der Waals surface area contributed by atoms with Gasteiger partial charge in [0.15, 0.2) is 0 Å². The Morgan fingerprint density at radius 3 is 0.488 bits per heavy atom. The molecule has 0 heterocycles. The van der Waals surface area contributed by atoms with Crippen molar-refractivity contribution in [3.8, 4) is 23.0 Å². The molecule has 0 aliphatic heterocycles. The van der Waals surface area contributed by atoms with Gasteiger partial charge in [-0.2, -0.15) is 40.9 Å². The molecular formula is C64H72Cl4N12O4. The van der Waals surface area contributed by atoms with E-state index in [0.29, 0.717) is 108 Å². The Labute approximate surface area is 517 Å². The Balaban J connectivity index is 0.00000323. The highest BCUT2D eigenvalue weighted by atomic mass is 35.5. The van der Waals surface area contributed by atoms with Crippen molar-refractivity contribution in [2.75, 3.05) is 84.6 Å². The van der Waals surface area contributed by atoms with Gasteiger partial charge in [0, 0.05) is 119 Å². The molecule has 9 rings (SSSR count). The predicted molar refractivity (Wildman–Crippen MR) is 324 cm³/mol. The largest absolute Gasteiger partial charge is 1.00 e. The molecule has 0 radical (unpaired) electrons. The van der Waals surface area contributed by atoms with E-state index in [1.165, 1.54) is 0 Å². The second kappa shape index (κ2) is 26.9. The zero-order valence-corrected chi connectivity index (χ0v) is 52.4. The normalized spacial score (nSPS) is 12.9. The number of fused-ring (bicyclic) bond motifs is 8. The van der Waals surface area contributed by atoms with Gasteiger partial charge in [0.2, 0.25) is 0 Å². The number of hydrogen-bond donors (Lipinski definition) is 4. The molecule has 1 aliphatic rings. The van der Waals surface area contributed by atoms with Gasteiger partial charge in [-0.05, 0) is 97.1 Å². The van der Waals surface area contributed by atoms with Gasteiger partial charge in [0.1, 0.15) is 45.7 Å². The third kappa shape index (κ3) is 16.4. The van der Waals surface area contributed by atoms with Crippen LogP contribution in [0, 0.1) is 0 Å².